The van der Waals surface area contributed by atoms with E-state index in [2.05, 4.69) is 17.6 Å². The van der Waals surface area contributed by atoms with E-state index < -0.39 is 0 Å². The second-order valence-corrected chi connectivity index (χ2v) is 4.94. The Kier molecular flexibility index (Phi) is 3.82. The smallest absolute Gasteiger partial charge is 0.00708 e. The Bertz CT molecular complexity index is 158. The minimum absolute atomic E-state index is 0.812. The third-order valence-corrected chi connectivity index (χ3v) is 3.46. The average molecular weight is 196 g/mol. The van der Waals surface area contributed by atoms with Crippen molar-refractivity contribution in [1.82, 2.24) is 10.6 Å². The minimum Gasteiger partial charge on any atom is -0.314 e. The molecule has 2 aliphatic carbocycles. The number of rotatable bonds is 5. The molecule has 2 N–H and O–H groups in total. The van der Waals surface area contributed by atoms with Crippen LogP contribution in [-0.2, 0) is 0 Å². The van der Waals surface area contributed by atoms with Crippen LogP contribution < -0.4 is 10.6 Å². The Morgan fingerprint density at radius 2 is 1.36 bits per heavy atom. The highest BCUT2D eigenvalue weighted by Gasteiger charge is 2.27. The summed E-state index contributed by atoms with van der Waals surface area (Å²) in [5.41, 5.74) is 0. The lowest BCUT2D eigenvalue weighted by molar-refractivity contribution is 0.307. The maximum Gasteiger partial charge on any atom is 0.00708 e. The molecular formula is C12H24N2. The first-order valence-electron chi connectivity index (χ1n) is 6.38. The van der Waals surface area contributed by atoms with Gasteiger partial charge in [0.2, 0.25) is 0 Å². The van der Waals surface area contributed by atoms with Gasteiger partial charge in [0.15, 0.2) is 0 Å². The third kappa shape index (κ3) is 3.25. The molecule has 0 atom stereocenters. The predicted octanol–water partition coefficient (Wildman–Crippen LogP) is 2.05. The molecule has 0 amide bonds. The van der Waals surface area contributed by atoms with Gasteiger partial charge in [-0.2, -0.15) is 0 Å². The molecule has 0 bridgehead atoms. The lowest BCUT2D eigenvalue weighted by Gasteiger charge is -2.29. The fraction of sp³-hybridized carbons (Fsp3) is 1.00. The molecule has 82 valence electrons. The lowest BCUT2D eigenvalue weighted by atomic mass is 9.91. The van der Waals surface area contributed by atoms with E-state index in [1.807, 2.05) is 0 Å². The molecule has 0 aromatic heterocycles. The van der Waals surface area contributed by atoms with E-state index in [0.717, 1.165) is 18.1 Å². The molecule has 0 saturated heterocycles. The molecule has 2 nitrogen and oxygen atoms in total. The molecule has 2 fully saturated rings. The summed E-state index contributed by atoms with van der Waals surface area (Å²) in [7, 11) is 0. The molecule has 0 aromatic carbocycles. The molecule has 0 aromatic rings. The first-order chi connectivity index (χ1) is 6.88. The maximum absolute atomic E-state index is 3.74. The molecule has 2 heteroatoms. The van der Waals surface area contributed by atoms with Gasteiger partial charge in [-0.3, -0.25) is 0 Å². The zero-order valence-electron chi connectivity index (χ0n) is 9.39. The molecule has 0 radical (unpaired) electrons. The molecule has 0 unspecified atom stereocenters. The second-order valence-electron chi connectivity index (χ2n) is 4.94. The van der Waals surface area contributed by atoms with Crippen molar-refractivity contribution in [2.45, 2.75) is 70.0 Å². The highest BCUT2D eigenvalue weighted by Crippen LogP contribution is 2.24. The normalized spacial score (nSPS) is 33.2. The van der Waals surface area contributed by atoms with Gasteiger partial charge in [-0.1, -0.05) is 6.92 Å². The van der Waals surface area contributed by atoms with Crippen LogP contribution in [0, 0.1) is 0 Å². The lowest BCUT2D eigenvalue weighted by Crippen LogP contribution is -2.40. The van der Waals surface area contributed by atoms with Gasteiger partial charge < -0.3 is 10.6 Å². The van der Waals surface area contributed by atoms with Crippen LogP contribution in [0.2, 0.25) is 0 Å². The molecule has 0 heterocycles. The second kappa shape index (κ2) is 5.13. The molecule has 14 heavy (non-hydrogen) atoms. The fourth-order valence-electron chi connectivity index (χ4n) is 2.40. The Hall–Kier alpha value is -0.0800. The Morgan fingerprint density at radius 1 is 0.857 bits per heavy atom. The van der Waals surface area contributed by atoms with Crippen LogP contribution in [0.4, 0.5) is 0 Å². The maximum atomic E-state index is 3.74. The zero-order chi connectivity index (χ0) is 9.80. The van der Waals surface area contributed by atoms with Crippen molar-refractivity contribution in [3.63, 3.8) is 0 Å². The monoisotopic (exact) mass is 196 g/mol. The highest BCUT2D eigenvalue weighted by atomic mass is 15.0. The first kappa shape index (κ1) is 10.4. The van der Waals surface area contributed by atoms with Gasteiger partial charge in [0.25, 0.3) is 0 Å². The molecule has 2 rings (SSSR count). The van der Waals surface area contributed by atoms with Gasteiger partial charge >= 0.3 is 0 Å². The largest absolute Gasteiger partial charge is 0.314 e. The quantitative estimate of drug-likeness (QED) is 0.703. The SMILES string of the molecule is CCCNC1CCC(NC2CC2)CC1. The summed E-state index contributed by atoms with van der Waals surface area (Å²) in [6.45, 7) is 3.44. The van der Waals surface area contributed by atoms with E-state index in [1.165, 1.54) is 51.5 Å². The van der Waals surface area contributed by atoms with Gasteiger partial charge in [0.05, 0.1) is 0 Å². The average Bonchev–Trinajstić information content (AvgIpc) is 3.01. The topological polar surface area (TPSA) is 24.1 Å². The fourth-order valence-corrected chi connectivity index (χ4v) is 2.40. The Balaban J connectivity index is 1.59. The summed E-state index contributed by atoms with van der Waals surface area (Å²) in [6, 6.07) is 2.54. The van der Waals surface area contributed by atoms with Crippen molar-refractivity contribution in [1.29, 1.82) is 0 Å². The van der Waals surface area contributed by atoms with Gasteiger partial charge in [-0.15, -0.1) is 0 Å². The van der Waals surface area contributed by atoms with Crippen molar-refractivity contribution in [3.05, 3.63) is 0 Å². The molecule has 2 aliphatic rings. The highest BCUT2D eigenvalue weighted by molar-refractivity contribution is 4.88. The van der Waals surface area contributed by atoms with Crippen LogP contribution in [-0.4, -0.2) is 24.7 Å². The standard InChI is InChI=1S/C12H24N2/c1-2-9-13-10-3-5-11(6-4-10)14-12-7-8-12/h10-14H,2-9H2,1H3. The summed E-state index contributed by atoms with van der Waals surface area (Å²) in [5, 5.41) is 7.37. The van der Waals surface area contributed by atoms with Gasteiger partial charge in [-0.25, -0.2) is 0 Å². The number of hydrogen-bond acceptors (Lipinski definition) is 2. The van der Waals surface area contributed by atoms with Crippen LogP contribution in [0.1, 0.15) is 51.9 Å². The zero-order valence-corrected chi connectivity index (χ0v) is 9.39. The van der Waals surface area contributed by atoms with E-state index in [-0.39, 0.29) is 0 Å². The van der Waals surface area contributed by atoms with Crippen molar-refractivity contribution < 1.29 is 0 Å². The van der Waals surface area contributed by atoms with E-state index in [1.54, 1.807) is 0 Å². The van der Waals surface area contributed by atoms with Crippen molar-refractivity contribution in [2.24, 2.45) is 0 Å². The van der Waals surface area contributed by atoms with E-state index in [0.29, 0.717) is 0 Å². The van der Waals surface area contributed by atoms with E-state index in [4.69, 9.17) is 0 Å². The summed E-state index contributed by atoms with van der Waals surface area (Å²) in [5.74, 6) is 0. The van der Waals surface area contributed by atoms with Crippen molar-refractivity contribution >= 4 is 0 Å². The van der Waals surface area contributed by atoms with Gasteiger partial charge in [-0.05, 0) is 51.5 Å². The van der Waals surface area contributed by atoms with Gasteiger partial charge in [0, 0.05) is 18.1 Å². The van der Waals surface area contributed by atoms with Crippen LogP contribution in [0.15, 0.2) is 0 Å². The van der Waals surface area contributed by atoms with E-state index in [9.17, 15) is 0 Å². The summed E-state index contributed by atoms with van der Waals surface area (Å²) in [6.07, 6.45) is 9.65. The Labute approximate surface area is 87.8 Å². The van der Waals surface area contributed by atoms with Crippen LogP contribution in [0.5, 0.6) is 0 Å². The Morgan fingerprint density at radius 3 is 1.86 bits per heavy atom. The van der Waals surface area contributed by atoms with Crippen molar-refractivity contribution in [3.8, 4) is 0 Å². The van der Waals surface area contributed by atoms with Gasteiger partial charge in [0.1, 0.15) is 0 Å². The summed E-state index contributed by atoms with van der Waals surface area (Å²) >= 11 is 0. The number of nitrogens with one attached hydrogen (secondary N) is 2. The summed E-state index contributed by atoms with van der Waals surface area (Å²) in [4.78, 5) is 0. The van der Waals surface area contributed by atoms with Crippen molar-refractivity contribution in [2.75, 3.05) is 6.54 Å². The van der Waals surface area contributed by atoms with Crippen LogP contribution in [0.25, 0.3) is 0 Å². The van der Waals surface area contributed by atoms with Crippen LogP contribution >= 0.6 is 0 Å². The summed E-state index contributed by atoms with van der Waals surface area (Å²) < 4.78 is 0. The molecule has 0 spiro atoms. The van der Waals surface area contributed by atoms with E-state index >= 15 is 0 Å². The van der Waals surface area contributed by atoms with Crippen LogP contribution in [0.3, 0.4) is 0 Å². The number of hydrogen-bond donors (Lipinski definition) is 2. The molecule has 0 aliphatic heterocycles. The predicted molar refractivity (Wildman–Crippen MR) is 60.5 cm³/mol. The molecule has 2 saturated carbocycles. The minimum atomic E-state index is 0.812. The first-order valence-corrected chi connectivity index (χ1v) is 6.38. The third-order valence-electron chi connectivity index (χ3n) is 3.46. The molecular weight excluding hydrogens is 172 g/mol.